The number of nitrogens with zero attached hydrogens (tertiary/aromatic N) is 3. The maximum Gasteiger partial charge on any atom is 0.200 e. The van der Waals surface area contributed by atoms with Crippen molar-refractivity contribution in [1.29, 1.82) is 0 Å². The molecule has 0 bridgehead atoms. The van der Waals surface area contributed by atoms with E-state index in [4.69, 9.17) is 0 Å². The molecular formula is C41H24F5N3. The summed E-state index contributed by atoms with van der Waals surface area (Å²) >= 11 is 0. The Morgan fingerprint density at radius 2 is 1.04 bits per heavy atom. The van der Waals surface area contributed by atoms with Gasteiger partial charge in [-0.3, -0.25) is 4.98 Å². The van der Waals surface area contributed by atoms with Crippen LogP contribution in [0.1, 0.15) is 0 Å². The molecule has 0 N–H and O–H groups in total. The van der Waals surface area contributed by atoms with Crippen LogP contribution in [-0.4, -0.2) is 9.55 Å². The van der Waals surface area contributed by atoms with E-state index in [1.54, 1.807) is 12.3 Å². The summed E-state index contributed by atoms with van der Waals surface area (Å²) in [6.45, 7) is 0. The summed E-state index contributed by atoms with van der Waals surface area (Å²) in [5.74, 6) is -9.89. The molecule has 0 radical (unpaired) electrons. The smallest absolute Gasteiger partial charge is 0.200 e. The molecule has 0 saturated heterocycles. The Bertz CT molecular complexity index is 2430. The molecule has 6 aromatic carbocycles. The fourth-order valence-electron chi connectivity index (χ4n) is 6.39. The first kappa shape index (κ1) is 30.1. The largest absolute Gasteiger partial charge is 0.310 e. The van der Waals surface area contributed by atoms with E-state index in [-0.39, 0.29) is 5.56 Å². The van der Waals surface area contributed by atoms with Crippen molar-refractivity contribution in [2.24, 2.45) is 0 Å². The molecule has 8 aromatic rings. The Morgan fingerprint density at radius 1 is 0.449 bits per heavy atom. The molecule has 0 fully saturated rings. The zero-order valence-corrected chi connectivity index (χ0v) is 25.6. The van der Waals surface area contributed by atoms with Crippen LogP contribution < -0.4 is 4.90 Å². The third-order valence-corrected chi connectivity index (χ3v) is 8.66. The second-order valence-corrected chi connectivity index (χ2v) is 11.5. The van der Waals surface area contributed by atoms with Crippen LogP contribution in [-0.2, 0) is 0 Å². The highest BCUT2D eigenvalue weighted by Crippen LogP contribution is 2.40. The average molecular weight is 654 g/mol. The fourth-order valence-corrected chi connectivity index (χ4v) is 6.39. The highest BCUT2D eigenvalue weighted by Gasteiger charge is 2.27. The highest BCUT2D eigenvalue weighted by atomic mass is 19.2. The van der Waals surface area contributed by atoms with Gasteiger partial charge >= 0.3 is 0 Å². The third-order valence-electron chi connectivity index (χ3n) is 8.66. The zero-order chi connectivity index (χ0) is 33.6. The van der Waals surface area contributed by atoms with Gasteiger partial charge in [-0.25, -0.2) is 22.0 Å². The van der Waals surface area contributed by atoms with Crippen molar-refractivity contribution >= 4 is 38.9 Å². The Kier molecular flexibility index (Phi) is 7.41. The molecule has 2 aromatic heterocycles. The Balaban J connectivity index is 1.21. The van der Waals surface area contributed by atoms with Crippen LogP contribution in [0.15, 0.2) is 146 Å². The standard InChI is InChI=1S/C41H24F5N3/c42-37-36(38(43)40(45)41(46)39(37)44)27-9-7-8-26(22-27)25-14-16-30(17-15-25)49-34-19-18-31(23-32(34)33-24-47-21-20-35(33)49)48(28-10-3-1-4-11-28)29-12-5-2-6-13-29/h1-24H. The summed E-state index contributed by atoms with van der Waals surface area (Å²) in [7, 11) is 0. The van der Waals surface area contributed by atoms with Crippen molar-refractivity contribution in [1.82, 2.24) is 9.55 Å². The molecule has 49 heavy (non-hydrogen) atoms. The predicted molar refractivity (Wildman–Crippen MR) is 184 cm³/mol. The second-order valence-electron chi connectivity index (χ2n) is 11.5. The van der Waals surface area contributed by atoms with Crippen molar-refractivity contribution in [2.45, 2.75) is 0 Å². The van der Waals surface area contributed by atoms with Gasteiger partial charge < -0.3 is 9.47 Å². The zero-order valence-electron chi connectivity index (χ0n) is 25.6. The van der Waals surface area contributed by atoms with Gasteiger partial charge in [-0.15, -0.1) is 0 Å². The number of hydrogen-bond donors (Lipinski definition) is 0. The molecule has 238 valence electrons. The Labute approximate surface area is 277 Å². The molecule has 8 heteroatoms. The number of hydrogen-bond acceptors (Lipinski definition) is 2. The lowest BCUT2D eigenvalue weighted by atomic mass is 9.98. The molecule has 8 rings (SSSR count). The van der Waals surface area contributed by atoms with Crippen LogP contribution in [0.3, 0.4) is 0 Å². The minimum Gasteiger partial charge on any atom is -0.310 e. The molecule has 0 atom stereocenters. The van der Waals surface area contributed by atoms with E-state index < -0.39 is 34.6 Å². The quantitative estimate of drug-likeness (QED) is 0.101. The van der Waals surface area contributed by atoms with Gasteiger partial charge in [0.2, 0.25) is 5.82 Å². The molecule has 0 aliphatic heterocycles. The lowest BCUT2D eigenvalue weighted by Gasteiger charge is -2.25. The second kappa shape index (κ2) is 12.1. The molecule has 0 unspecified atom stereocenters. The van der Waals surface area contributed by atoms with E-state index in [2.05, 4.69) is 56.9 Å². The number of halogens is 5. The molecule has 0 aliphatic rings. The van der Waals surface area contributed by atoms with Gasteiger partial charge in [0.15, 0.2) is 23.3 Å². The van der Waals surface area contributed by atoms with Crippen molar-refractivity contribution in [3.8, 4) is 27.9 Å². The number of para-hydroxylation sites is 2. The monoisotopic (exact) mass is 653 g/mol. The summed E-state index contributed by atoms with van der Waals surface area (Å²) < 4.78 is 72.9. The first-order valence-electron chi connectivity index (χ1n) is 15.4. The Morgan fingerprint density at radius 3 is 1.69 bits per heavy atom. The van der Waals surface area contributed by atoms with Crippen molar-refractivity contribution in [3.63, 3.8) is 0 Å². The predicted octanol–water partition coefficient (Wildman–Crippen LogP) is 11.7. The van der Waals surface area contributed by atoms with Crippen LogP contribution in [0.4, 0.5) is 39.0 Å². The van der Waals surface area contributed by atoms with Crippen LogP contribution in [0, 0.1) is 29.1 Å². The van der Waals surface area contributed by atoms with Gasteiger partial charge in [-0.2, -0.15) is 0 Å². The maximum atomic E-state index is 14.6. The van der Waals surface area contributed by atoms with Crippen molar-refractivity contribution in [2.75, 3.05) is 4.90 Å². The number of anilines is 3. The SMILES string of the molecule is Fc1c(F)c(F)c(-c2cccc(-c3ccc(-n4c5ccncc5c5cc(N(c6ccccc6)c6ccccc6)ccc54)cc3)c2)c(F)c1F. The molecule has 0 aliphatic carbocycles. The number of benzene rings is 6. The molecule has 3 nitrogen and oxygen atoms in total. The van der Waals surface area contributed by atoms with Crippen LogP contribution in [0.25, 0.3) is 49.7 Å². The Hall–Kier alpha value is -6.28. The summed E-state index contributed by atoms with van der Waals surface area (Å²) in [5, 5.41) is 1.98. The summed E-state index contributed by atoms with van der Waals surface area (Å²) in [6.07, 6.45) is 3.60. The van der Waals surface area contributed by atoms with Gasteiger partial charge in [0.05, 0.1) is 16.6 Å². The highest BCUT2D eigenvalue weighted by molar-refractivity contribution is 6.10. The van der Waals surface area contributed by atoms with Gasteiger partial charge in [0, 0.05) is 45.9 Å². The van der Waals surface area contributed by atoms with Crippen LogP contribution in [0.5, 0.6) is 0 Å². The molecule has 0 saturated carbocycles. The third kappa shape index (κ3) is 5.09. The van der Waals surface area contributed by atoms with Gasteiger partial charge in [-0.05, 0) is 83.4 Å². The maximum absolute atomic E-state index is 14.6. The summed E-state index contributed by atoms with van der Waals surface area (Å²) in [5.41, 5.74) is 5.96. The van der Waals surface area contributed by atoms with Crippen molar-refractivity contribution < 1.29 is 22.0 Å². The number of fused-ring (bicyclic) bond motifs is 3. The topological polar surface area (TPSA) is 21.1 Å². The number of rotatable bonds is 6. The summed E-state index contributed by atoms with van der Waals surface area (Å²) in [4.78, 5) is 6.63. The number of pyridine rings is 1. The normalized spacial score (nSPS) is 11.4. The van der Waals surface area contributed by atoms with Gasteiger partial charge in [-0.1, -0.05) is 66.7 Å². The van der Waals surface area contributed by atoms with Crippen molar-refractivity contribution in [3.05, 3.63) is 175 Å². The first-order chi connectivity index (χ1) is 23.9. The first-order valence-corrected chi connectivity index (χ1v) is 15.4. The van der Waals surface area contributed by atoms with E-state index >= 15 is 0 Å². The van der Waals surface area contributed by atoms with E-state index in [0.29, 0.717) is 11.1 Å². The van der Waals surface area contributed by atoms with E-state index in [1.165, 1.54) is 18.2 Å². The molecular weight excluding hydrogens is 629 g/mol. The van der Waals surface area contributed by atoms with E-state index in [0.717, 1.165) is 44.6 Å². The summed E-state index contributed by atoms with van der Waals surface area (Å²) in [6, 6.07) is 42.1. The number of aromatic nitrogens is 2. The van der Waals surface area contributed by atoms with Crippen LogP contribution in [0.2, 0.25) is 0 Å². The van der Waals surface area contributed by atoms with Gasteiger partial charge in [0.25, 0.3) is 0 Å². The molecule has 0 spiro atoms. The lowest BCUT2D eigenvalue weighted by molar-refractivity contribution is 0.381. The van der Waals surface area contributed by atoms with E-state index in [9.17, 15) is 22.0 Å². The van der Waals surface area contributed by atoms with Gasteiger partial charge in [0.1, 0.15) is 0 Å². The minimum absolute atomic E-state index is 0.125. The molecule has 2 heterocycles. The van der Waals surface area contributed by atoms with Crippen LogP contribution >= 0.6 is 0 Å². The average Bonchev–Trinajstić information content (AvgIpc) is 3.48. The lowest BCUT2D eigenvalue weighted by Crippen LogP contribution is -2.09. The fraction of sp³-hybridized carbons (Fsp3) is 0. The molecule has 0 amide bonds. The van der Waals surface area contributed by atoms with E-state index in [1.807, 2.05) is 72.9 Å². The minimum atomic E-state index is -2.19.